The van der Waals surface area contributed by atoms with Crippen LogP contribution in [0.2, 0.25) is 0 Å². The van der Waals surface area contributed by atoms with Gasteiger partial charge in [-0.3, -0.25) is 4.68 Å². The third-order valence-electron chi connectivity index (χ3n) is 3.77. The van der Waals surface area contributed by atoms with Gasteiger partial charge in [0.1, 0.15) is 0 Å². The summed E-state index contributed by atoms with van der Waals surface area (Å²) in [6, 6.07) is 4.38. The van der Waals surface area contributed by atoms with Crippen molar-refractivity contribution in [3.8, 4) is 0 Å². The Morgan fingerprint density at radius 3 is 3.10 bits per heavy atom. The van der Waals surface area contributed by atoms with E-state index in [0.29, 0.717) is 5.92 Å². The molecule has 0 amide bonds. The molecular weight excluding hydrogens is 270 g/mol. The van der Waals surface area contributed by atoms with Gasteiger partial charge in [-0.25, -0.2) is 0 Å². The van der Waals surface area contributed by atoms with Crippen molar-refractivity contribution in [1.82, 2.24) is 15.1 Å². The first kappa shape index (κ1) is 13.8. The minimum atomic E-state index is 0.196. The highest BCUT2D eigenvalue weighted by Gasteiger charge is 2.30. The summed E-state index contributed by atoms with van der Waals surface area (Å²) in [5.41, 5.74) is 1.20. The molecule has 20 heavy (non-hydrogen) atoms. The van der Waals surface area contributed by atoms with Gasteiger partial charge >= 0.3 is 0 Å². The molecule has 0 spiro atoms. The van der Waals surface area contributed by atoms with Gasteiger partial charge in [-0.15, -0.1) is 11.3 Å². The van der Waals surface area contributed by atoms with Crippen molar-refractivity contribution >= 4 is 11.3 Å². The quantitative estimate of drug-likeness (QED) is 0.920. The smallest absolute Gasteiger partial charge is 0.0896 e. The Labute approximate surface area is 123 Å². The van der Waals surface area contributed by atoms with Crippen LogP contribution in [0.5, 0.6) is 0 Å². The molecule has 4 nitrogen and oxygen atoms in total. The van der Waals surface area contributed by atoms with Crippen molar-refractivity contribution in [2.75, 3.05) is 13.2 Å². The molecule has 1 saturated heterocycles. The number of ether oxygens (including phenoxy) is 1. The maximum absolute atomic E-state index is 5.88. The third-order valence-corrected chi connectivity index (χ3v) is 4.77. The molecule has 1 fully saturated rings. The van der Waals surface area contributed by atoms with E-state index in [2.05, 4.69) is 35.7 Å². The lowest BCUT2D eigenvalue weighted by Gasteiger charge is -2.17. The first-order valence-electron chi connectivity index (χ1n) is 7.08. The van der Waals surface area contributed by atoms with Crippen molar-refractivity contribution < 1.29 is 4.74 Å². The summed E-state index contributed by atoms with van der Waals surface area (Å²) in [6.07, 6.45) is 5.30. The zero-order chi connectivity index (χ0) is 13.9. The lowest BCUT2D eigenvalue weighted by molar-refractivity contribution is 0.0904. The molecule has 3 heterocycles. The Kier molecular flexibility index (Phi) is 4.19. The van der Waals surface area contributed by atoms with Gasteiger partial charge in [-0.1, -0.05) is 0 Å². The summed E-state index contributed by atoms with van der Waals surface area (Å²) in [5.74, 6) is 0.542. The van der Waals surface area contributed by atoms with Crippen LogP contribution in [0.15, 0.2) is 24.5 Å². The van der Waals surface area contributed by atoms with Crippen LogP contribution in [0.4, 0.5) is 0 Å². The van der Waals surface area contributed by atoms with E-state index < -0.39 is 0 Å². The van der Waals surface area contributed by atoms with E-state index >= 15 is 0 Å². The standard InChI is InChI=1S/C15H21N3OS/c1-11-3-4-14(20-11)9-16-7-12-5-6-19-15(12)13-8-17-18(2)10-13/h3-4,8,10,12,15-16H,5-7,9H2,1-2H3. The summed E-state index contributed by atoms with van der Waals surface area (Å²) in [7, 11) is 1.95. The number of hydrogen-bond donors (Lipinski definition) is 1. The number of aromatic nitrogens is 2. The van der Waals surface area contributed by atoms with Crippen molar-refractivity contribution in [2.45, 2.75) is 26.0 Å². The number of nitrogens with one attached hydrogen (secondary N) is 1. The van der Waals surface area contributed by atoms with E-state index in [-0.39, 0.29) is 6.10 Å². The maximum atomic E-state index is 5.88. The van der Waals surface area contributed by atoms with Crippen LogP contribution >= 0.6 is 11.3 Å². The number of hydrogen-bond acceptors (Lipinski definition) is 4. The van der Waals surface area contributed by atoms with Gasteiger partial charge in [0.15, 0.2) is 0 Å². The third kappa shape index (κ3) is 3.11. The van der Waals surface area contributed by atoms with E-state index in [1.165, 1.54) is 15.3 Å². The highest BCUT2D eigenvalue weighted by atomic mass is 32.1. The van der Waals surface area contributed by atoms with E-state index in [1.54, 1.807) is 0 Å². The summed E-state index contributed by atoms with van der Waals surface area (Å²) < 4.78 is 7.72. The lowest BCUT2D eigenvalue weighted by Crippen LogP contribution is -2.24. The minimum Gasteiger partial charge on any atom is -0.373 e. The zero-order valence-corrected chi connectivity index (χ0v) is 12.8. The van der Waals surface area contributed by atoms with E-state index in [1.807, 2.05) is 29.3 Å². The minimum absolute atomic E-state index is 0.196. The monoisotopic (exact) mass is 291 g/mol. The summed E-state index contributed by atoms with van der Waals surface area (Å²) >= 11 is 1.86. The number of rotatable bonds is 5. The Morgan fingerprint density at radius 1 is 1.50 bits per heavy atom. The maximum Gasteiger partial charge on any atom is 0.0896 e. The molecule has 5 heteroatoms. The molecule has 0 saturated carbocycles. The van der Waals surface area contributed by atoms with E-state index in [0.717, 1.165) is 26.1 Å². The van der Waals surface area contributed by atoms with Crippen LogP contribution in [0.3, 0.4) is 0 Å². The Balaban J connectivity index is 1.54. The summed E-state index contributed by atoms with van der Waals surface area (Å²) in [4.78, 5) is 2.78. The number of nitrogens with zero attached hydrogens (tertiary/aromatic N) is 2. The molecule has 1 aliphatic heterocycles. The van der Waals surface area contributed by atoms with Crippen molar-refractivity contribution in [3.05, 3.63) is 39.8 Å². The Bertz CT molecular complexity index is 563. The number of aryl methyl sites for hydroxylation is 2. The van der Waals surface area contributed by atoms with Gasteiger partial charge in [-0.05, 0) is 25.5 Å². The van der Waals surface area contributed by atoms with Crippen LogP contribution < -0.4 is 5.32 Å². The van der Waals surface area contributed by atoms with Crippen molar-refractivity contribution in [3.63, 3.8) is 0 Å². The van der Waals surface area contributed by atoms with Crippen molar-refractivity contribution in [1.29, 1.82) is 0 Å². The predicted octanol–water partition coefficient (Wildman–Crippen LogP) is 2.66. The molecule has 0 aromatic carbocycles. The topological polar surface area (TPSA) is 39.1 Å². The first-order chi connectivity index (χ1) is 9.72. The van der Waals surface area contributed by atoms with Crippen LogP contribution in [-0.4, -0.2) is 22.9 Å². The SMILES string of the molecule is Cc1ccc(CNCC2CCOC2c2cnn(C)c2)s1. The van der Waals surface area contributed by atoms with Gasteiger partial charge in [0.2, 0.25) is 0 Å². The second kappa shape index (κ2) is 6.08. The molecule has 0 radical (unpaired) electrons. The van der Waals surface area contributed by atoms with Crippen LogP contribution in [0.25, 0.3) is 0 Å². The molecular formula is C15H21N3OS. The number of thiophene rings is 1. The van der Waals surface area contributed by atoms with Crippen LogP contribution in [-0.2, 0) is 18.3 Å². The second-order valence-electron chi connectivity index (χ2n) is 5.43. The average molecular weight is 291 g/mol. The highest BCUT2D eigenvalue weighted by Crippen LogP contribution is 2.33. The van der Waals surface area contributed by atoms with Crippen LogP contribution in [0, 0.1) is 12.8 Å². The fourth-order valence-electron chi connectivity index (χ4n) is 2.76. The Morgan fingerprint density at radius 2 is 2.40 bits per heavy atom. The van der Waals surface area contributed by atoms with Gasteiger partial charge in [-0.2, -0.15) is 5.10 Å². The molecule has 0 aliphatic carbocycles. The average Bonchev–Trinajstić information content (AvgIpc) is 3.11. The van der Waals surface area contributed by atoms with Crippen LogP contribution in [0.1, 0.15) is 27.8 Å². The molecule has 0 bridgehead atoms. The van der Waals surface area contributed by atoms with Gasteiger partial charge in [0, 0.05) is 54.2 Å². The van der Waals surface area contributed by atoms with Gasteiger partial charge in [0.25, 0.3) is 0 Å². The zero-order valence-electron chi connectivity index (χ0n) is 12.0. The molecule has 2 aromatic heterocycles. The Hall–Kier alpha value is -1.17. The largest absolute Gasteiger partial charge is 0.373 e. The van der Waals surface area contributed by atoms with E-state index in [9.17, 15) is 0 Å². The highest BCUT2D eigenvalue weighted by molar-refractivity contribution is 7.11. The van der Waals surface area contributed by atoms with Crippen molar-refractivity contribution in [2.24, 2.45) is 13.0 Å². The predicted molar refractivity (Wildman–Crippen MR) is 80.8 cm³/mol. The lowest BCUT2D eigenvalue weighted by atomic mass is 9.97. The summed E-state index contributed by atoms with van der Waals surface area (Å²) in [6.45, 7) is 4.95. The fourth-order valence-corrected chi connectivity index (χ4v) is 3.62. The van der Waals surface area contributed by atoms with Gasteiger partial charge in [0.05, 0.1) is 12.3 Å². The molecule has 3 rings (SSSR count). The molecule has 2 unspecified atom stereocenters. The molecule has 1 N–H and O–H groups in total. The first-order valence-corrected chi connectivity index (χ1v) is 7.90. The normalized spacial score (nSPS) is 22.5. The second-order valence-corrected chi connectivity index (χ2v) is 6.80. The van der Waals surface area contributed by atoms with E-state index in [4.69, 9.17) is 4.74 Å². The molecule has 2 atom stereocenters. The van der Waals surface area contributed by atoms with Gasteiger partial charge < -0.3 is 10.1 Å². The molecule has 1 aliphatic rings. The summed E-state index contributed by atoms with van der Waals surface area (Å²) in [5, 5.41) is 7.81. The fraction of sp³-hybridized carbons (Fsp3) is 0.533. The molecule has 108 valence electrons. The molecule has 2 aromatic rings.